The molecule has 1 aliphatic heterocycles. The Kier molecular flexibility index (Phi) is 4.51. The molecular weight excluding hydrogens is 344 g/mol. The van der Waals surface area contributed by atoms with Crippen LogP contribution in [0.5, 0.6) is 0 Å². The predicted molar refractivity (Wildman–Crippen MR) is 104 cm³/mol. The summed E-state index contributed by atoms with van der Waals surface area (Å²) in [6, 6.07) is 18.3. The lowest BCUT2D eigenvalue weighted by atomic mass is 10.1. The molecule has 4 rings (SSSR count). The van der Waals surface area contributed by atoms with Crippen molar-refractivity contribution >= 4 is 23.4 Å². The standard InChI is InChI=1S/C20H20N4OS/c1-14-12-16-8-6-7-11-18(16)23(14)19(25)13-26-20-22-21-15(2)24(20)17-9-4-3-5-10-17/h3-11,14H,12-13H2,1-2H3. The van der Waals surface area contributed by atoms with Crippen molar-refractivity contribution in [1.29, 1.82) is 0 Å². The average molecular weight is 364 g/mol. The molecule has 0 radical (unpaired) electrons. The van der Waals surface area contributed by atoms with Crippen LogP contribution in [0.15, 0.2) is 59.8 Å². The molecule has 1 atom stereocenters. The molecule has 0 bridgehead atoms. The molecule has 0 N–H and O–H groups in total. The summed E-state index contributed by atoms with van der Waals surface area (Å²) in [7, 11) is 0. The van der Waals surface area contributed by atoms with Gasteiger partial charge in [-0.15, -0.1) is 10.2 Å². The van der Waals surface area contributed by atoms with E-state index in [2.05, 4.69) is 23.2 Å². The van der Waals surface area contributed by atoms with Crippen LogP contribution in [0.3, 0.4) is 0 Å². The first kappa shape index (κ1) is 16.8. The van der Waals surface area contributed by atoms with Gasteiger partial charge in [0.15, 0.2) is 5.16 Å². The van der Waals surface area contributed by atoms with Crippen molar-refractivity contribution in [3.05, 3.63) is 66.0 Å². The number of carbonyl (C=O) groups is 1. The Morgan fingerprint density at radius 3 is 2.65 bits per heavy atom. The van der Waals surface area contributed by atoms with E-state index in [9.17, 15) is 4.79 Å². The van der Waals surface area contributed by atoms with Gasteiger partial charge in [-0.2, -0.15) is 0 Å². The van der Waals surface area contributed by atoms with Gasteiger partial charge in [-0.1, -0.05) is 48.2 Å². The van der Waals surface area contributed by atoms with Crippen LogP contribution in [-0.4, -0.2) is 32.5 Å². The fourth-order valence-corrected chi connectivity index (χ4v) is 4.31. The van der Waals surface area contributed by atoms with Crippen LogP contribution < -0.4 is 4.90 Å². The molecule has 26 heavy (non-hydrogen) atoms. The molecule has 1 aliphatic rings. The maximum Gasteiger partial charge on any atom is 0.237 e. The van der Waals surface area contributed by atoms with Crippen LogP contribution in [0, 0.1) is 6.92 Å². The van der Waals surface area contributed by atoms with Gasteiger partial charge in [-0.25, -0.2) is 0 Å². The van der Waals surface area contributed by atoms with Crippen molar-refractivity contribution in [2.75, 3.05) is 10.7 Å². The zero-order chi connectivity index (χ0) is 18.1. The molecule has 0 fully saturated rings. The summed E-state index contributed by atoms with van der Waals surface area (Å²) in [5.74, 6) is 1.25. The topological polar surface area (TPSA) is 51.0 Å². The van der Waals surface area contributed by atoms with Crippen LogP contribution in [0.25, 0.3) is 5.69 Å². The maximum absolute atomic E-state index is 12.9. The summed E-state index contributed by atoms with van der Waals surface area (Å²) in [6.07, 6.45) is 0.909. The summed E-state index contributed by atoms with van der Waals surface area (Å²) in [4.78, 5) is 14.8. The fraction of sp³-hybridized carbons (Fsp3) is 0.250. The number of aromatic nitrogens is 3. The van der Waals surface area contributed by atoms with Gasteiger partial charge in [-0.3, -0.25) is 9.36 Å². The molecule has 2 aromatic carbocycles. The Balaban J connectivity index is 1.53. The smallest absolute Gasteiger partial charge is 0.237 e. The minimum atomic E-state index is 0.104. The Morgan fingerprint density at radius 1 is 1.12 bits per heavy atom. The lowest BCUT2D eigenvalue weighted by Gasteiger charge is -2.22. The number of fused-ring (bicyclic) bond motifs is 1. The second-order valence-corrected chi connectivity index (χ2v) is 7.38. The van der Waals surface area contributed by atoms with Gasteiger partial charge in [0.1, 0.15) is 5.82 Å². The summed E-state index contributed by atoms with van der Waals surface area (Å²) in [5, 5.41) is 9.18. The molecule has 132 valence electrons. The zero-order valence-electron chi connectivity index (χ0n) is 14.8. The van der Waals surface area contributed by atoms with Gasteiger partial charge in [0, 0.05) is 17.4 Å². The maximum atomic E-state index is 12.9. The Hall–Kier alpha value is -2.60. The van der Waals surface area contributed by atoms with Crippen LogP contribution >= 0.6 is 11.8 Å². The monoisotopic (exact) mass is 364 g/mol. The summed E-state index contributed by atoms with van der Waals surface area (Å²) >= 11 is 1.43. The van der Waals surface area contributed by atoms with E-state index in [1.165, 1.54) is 17.3 Å². The Bertz CT molecular complexity index is 938. The van der Waals surface area contributed by atoms with E-state index in [4.69, 9.17) is 0 Å². The number of hydrogen-bond donors (Lipinski definition) is 0. The molecule has 0 spiro atoms. The minimum absolute atomic E-state index is 0.104. The normalized spacial score (nSPS) is 15.9. The van der Waals surface area contributed by atoms with E-state index in [-0.39, 0.29) is 11.9 Å². The lowest BCUT2D eigenvalue weighted by molar-refractivity contribution is -0.116. The Labute approximate surface area is 157 Å². The molecule has 6 heteroatoms. The van der Waals surface area contributed by atoms with Gasteiger partial charge in [0.25, 0.3) is 0 Å². The number of para-hydroxylation sites is 2. The molecule has 1 aromatic heterocycles. The Morgan fingerprint density at radius 2 is 1.85 bits per heavy atom. The summed E-state index contributed by atoms with van der Waals surface area (Å²) in [6.45, 7) is 4.02. The van der Waals surface area contributed by atoms with E-state index in [1.54, 1.807) is 0 Å². The molecule has 1 unspecified atom stereocenters. The molecule has 5 nitrogen and oxygen atoms in total. The second kappa shape index (κ2) is 6.96. The zero-order valence-corrected chi connectivity index (χ0v) is 15.6. The predicted octanol–water partition coefficient (Wildman–Crippen LogP) is 3.65. The van der Waals surface area contributed by atoms with Crippen molar-refractivity contribution in [2.24, 2.45) is 0 Å². The molecule has 2 heterocycles. The highest BCUT2D eigenvalue weighted by Gasteiger charge is 2.30. The van der Waals surface area contributed by atoms with E-state index in [0.29, 0.717) is 5.75 Å². The number of aryl methyl sites for hydroxylation is 1. The first-order chi connectivity index (χ1) is 12.6. The number of carbonyl (C=O) groups excluding carboxylic acids is 1. The van der Waals surface area contributed by atoms with E-state index < -0.39 is 0 Å². The SMILES string of the molecule is Cc1nnc(SCC(=O)N2c3ccccc3CC2C)n1-c1ccccc1. The van der Waals surface area contributed by atoms with E-state index in [1.807, 2.05) is 64.9 Å². The van der Waals surface area contributed by atoms with Crippen LogP contribution in [0.4, 0.5) is 5.69 Å². The third-order valence-corrected chi connectivity index (χ3v) is 5.52. The molecule has 0 saturated carbocycles. The average Bonchev–Trinajstić information content (AvgIpc) is 3.19. The van der Waals surface area contributed by atoms with Gasteiger partial charge < -0.3 is 4.90 Å². The lowest BCUT2D eigenvalue weighted by Crippen LogP contribution is -2.37. The summed E-state index contributed by atoms with van der Waals surface area (Å²) < 4.78 is 1.99. The molecular formula is C20H20N4OS. The van der Waals surface area contributed by atoms with Crippen LogP contribution in [0.1, 0.15) is 18.3 Å². The first-order valence-corrected chi connectivity index (χ1v) is 9.64. The summed E-state index contributed by atoms with van der Waals surface area (Å²) in [5.41, 5.74) is 3.28. The molecule has 1 amide bonds. The van der Waals surface area contributed by atoms with Gasteiger partial charge in [0.05, 0.1) is 5.75 Å². The number of benzene rings is 2. The van der Waals surface area contributed by atoms with Gasteiger partial charge in [0.2, 0.25) is 5.91 Å². The van der Waals surface area contributed by atoms with Crippen molar-refractivity contribution in [3.63, 3.8) is 0 Å². The van der Waals surface area contributed by atoms with E-state index in [0.717, 1.165) is 28.8 Å². The molecule has 0 aliphatic carbocycles. The third kappa shape index (κ3) is 3.01. The highest BCUT2D eigenvalue weighted by atomic mass is 32.2. The number of nitrogens with zero attached hydrogens (tertiary/aromatic N) is 4. The van der Waals surface area contributed by atoms with Gasteiger partial charge >= 0.3 is 0 Å². The number of anilines is 1. The van der Waals surface area contributed by atoms with E-state index >= 15 is 0 Å². The molecule has 3 aromatic rings. The number of amides is 1. The van der Waals surface area contributed by atoms with Gasteiger partial charge in [-0.05, 0) is 44.0 Å². The van der Waals surface area contributed by atoms with Crippen molar-refractivity contribution < 1.29 is 4.79 Å². The second-order valence-electron chi connectivity index (χ2n) is 6.44. The van der Waals surface area contributed by atoms with Crippen LogP contribution in [0.2, 0.25) is 0 Å². The highest BCUT2D eigenvalue weighted by molar-refractivity contribution is 7.99. The quantitative estimate of drug-likeness (QED) is 0.663. The minimum Gasteiger partial charge on any atom is -0.308 e. The first-order valence-electron chi connectivity index (χ1n) is 8.65. The molecule has 0 saturated heterocycles. The number of hydrogen-bond acceptors (Lipinski definition) is 4. The highest BCUT2D eigenvalue weighted by Crippen LogP contribution is 2.33. The number of thioether (sulfide) groups is 1. The van der Waals surface area contributed by atoms with Crippen LogP contribution in [-0.2, 0) is 11.2 Å². The fourth-order valence-electron chi connectivity index (χ4n) is 3.45. The van der Waals surface area contributed by atoms with Crippen molar-refractivity contribution in [1.82, 2.24) is 14.8 Å². The van der Waals surface area contributed by atoms with Crippen molar-refractivity contribution in [2.45, 2.75) is 31.5 Å². The van der Waals surface area contributed by atoms with Crippen molar-refractivity contribution in [3.8, 4) is 5.69 Å². The third-order valence-electron chi connectivity index (χ3n) is 4.61. The number of rotatable bonds is 4. The largest absolute Gasteiger partial charge is 0.308 e.